The van der Waals surface area contributed by atoms with Gasteiger partial charge in [-0.25, -0.2) is 4.39 Å². The fourth-order valence-corrected chi connectivity index (χ4v) is 3.20. The van der Waals surface area contributed by atoms with Gasteiger partial charge in [-0.05, 0) is 42.5 Å². The molecule has 1 aliphatic rings. The molecule has 130 valence electrons. The normalized spacial score (nSPS) is 17.9. The second-order valence-electron chi connectivity index (χ2n) is 6.32. The highest BCUT2D eigenvalue weighted by Gasteiger charge is 2.32. The fraction of sp³-hybridized carbons (Fsp3) is 0.588. The number of aliphatic hydroxyl groups is 1. The Bertz CT molecular complexity index is 507. The van der Waals surface area contributed by atoms with E-state index in [2.05, 4.69) is 5.32 Å². The van der Waals surface area contributed by atoms with E-state index in [4.69, 9.17) is 5.73 Å². The van der Waals surface area contributed by atoms with Crippen molar-refractivity contribution in [2.75, 3.05) is 13.1 Å². The quantitative estimate of drug-likeness (QED) is 0.742. The molecule has 1 atom stereocenters. The molecule has 1 aromatic rings. The summed E-state index contributed by atoms with van der Waals surface area (Å²) >= 11 is 0. The maximum Gasteiger partial charge on any atom is 0.220 e. The van der Waals surface area contributed by atoms with Crippen LogP contribution in [0.15, 0.2) is 24.3 Å². The Kier molecular flexibility index (Phi) is 7.95. The van der Waals surface area contributed by atoms with Crippen molar-refractivity contribution in [1.82, 2.24) is 5.32 Å². The van der Waals surface area contributed by atoms with E-state index in [0.29, 0.717) is 18.5 Å². The van der Waals surface area contributed by atoms with E-state index in [1.54, 1.807) is 12.1 Å². The van der Waals surface area contributed by atoms with Gasteiger partial charge in [0.2, 0.25) is 5.91 Å². The van der Waals surface area contributed by atoms with Gasteiger partial charge in [0, 0.05) is 13.0 Å². The van der Waals surface area contributed by atoms with E-state index >= 15 is 0 Å². The van der Waals surface area contributed by atoms with Crippen molar-refractivity contribution in [1.29, 1.82) is 0 Å². The minimum Gasteiger partial charge on any atom is -0.387 e. The number of hydrogen-bond donors (Lipinski definition) is 3. The number of nitrogens with two attached hydrogens (primary N) is 1. The van der Waals surface area contributed by atoms with Crippen LogP contribution < -0.4 is 11.1 Å². The highest BCUT2D eigenvalue weighted by atomic mass is 35.5. The zero-order valence-corrected chi connectivity index (χ0v) is 14.1. The Labute approximate surface area is 143 Å². The second kappa shape index (κ2) is 9.21. The summed E-state index contributed by atoms with van der Waals surface area (Å²) < 4.78 is 13.1. The highest BCUT2D eigenvalue weighted by molar-refractivity contribution is 5.85. The van der Waals surface area contributed by atoms with Crippen molar-refractivity contribution in [3.8, 4) is 0 Å². The zero-order chi connectivity index (χ0) is 16.0. The van der Waals surface area contributed by atoms with Gasteiger partial charge in [0.25, 0.3) is 0 Å². The number of hydrogen-bond acceptors (Lipinski definition) is 3. The molecule has 1 fully saturated rings. The number of aliphatic hydroxyl groups excluding tert-OH is 1. The first-order chi connectivity index (χ1) is 10.5. The summed E-state index contributed by atoms with van der Waals surface area (Å²) in [5.74, 6) is -0.491. The van der Waals surface area contributed by atoms with Crippen LogP contribution >= 0.6 is 12.4 Å². The molecule has 2 rings (SSSR count). The van der Waals surface area contributed by atoms with Crippen LogP contribution in [0.25, 0.3) is 0 Å². The molecule has 1 amide bonds. The number of carbonyl (C=O) groups is 1. The summed E-state index contributed by atoms with van der Waals surface area (Å²) in [5.41, 5.74) is 6.25. The third kappa shape index (κ3) is 5.75. The van der Waals surface area contributed by atoms with Crippen molar-refractivity contribution in [3.63, 3.8) is 0 Å². The molecule has 1 aliphatic carbocycles. The Balaban J connectivity index is 0.00000264. The van der Waals surface area contributed by atoms with Crippen LogP contribution in [0.2, 0.25) is 0 Å². The number of amides is 1. The van der Waals surface area contributed by atoms with Crippen molar-refractivity contribution in [2.45, 2.75) is 44.6 Å². The third-order valence-electron chi connectivity index (χ3n) is 4.61. The Morgan fingerprint density at radius 3 is 2.65 bits per heavy atom. The van der Waals surface area contributed by atoms with Crippen LogP contribution in [0.1, 0.15) is 50.2 Å². The molecule has 1 saturated carbocycles. The molecule has 23 heavy (non-hydrogen) atoms. The van der Waals surface area contributed by atoms with Gasteiger partial charge in [-0.1, -0.05) is 31.4 Å². The minimum absolute atomic E-state index is 0. The minimum atomic E-state index is -0.903. The second-order valence-corrected chi connectivity index (χ2v) is 6.32. The highest BCUT2D eigenvalue weighted by Crippen LogP contribution is 2.38. The average molecular weight is 345 g/mol. The van der Waals surface area contributed by atoms with Crippen molar-refractivity contribution in [2.24, 2.45) is 11.1 Å². The summed E-state index contributed by atoms with van der Waals surface area (Å²) in [4.78, 5) is 12.1. The van der Waals surface area contributed by atoms with E-state index in [1.165, 1.54) is 18.6 Å². The first kappa shape index (κ1) is 19.9. The lowest BCUT2D eigenvalue weighted by Gasteiger charge is -2.35. The maximum atomic E-state index is 13.1. The lowest BCUT2D eigenvalue weighted by atomic mass is 9.71. The van der Waals surface area contributed by atoms with Crippen molar-refractivity contribution >= 4 is 18.3 Å². The monoisotopic (exact) mass is 344 g/mol. The molecule has 0 spiro atoms. The SMILES string of the molecule is Cl.NCC1(CC(=O)NCC(O)c2cccc(F)c2)CCCCC1. The predicted molar refractivity (Wildman–Crippen MR) is 90.8 cm³/mol. The lowest BCUT2D eigenvalue weighted by Crippen LogP contribution is -2.39. The van der Waals surface area contributed by atoms with Crippen LogP contribution in [0.3, 0.4) is 0 Å². The molecular formula is C17H26ClFN2O2. The molecule has 4 nitrogen and oxygen atoms in total. The molecule has 0 saturated heterocycles. The van der Waals surface area contributed by atoms with Crippen LogP contribution in [0, 0.1) is 11.2 Å². The van der Waals surface area contributed by atoms with E-state index in [1.807, 2.05) is 0 Å². The summed E-state index contributed by atoms with van der Waals surface area (Å²) in [5, 5.41) is 12.8. The van der Waals surface area contributed by atoms with Gasteiger partial charge in [-0.2, -0.15) is 0 Å². The van der Waals surface area contributed by atoms with Gasteiger partial charge in [0.05, 0.1) is 6.10 Å². The van der Waals surface area contributed by atoms with Gasteiger partial charge >= 0.3 is 0 Å². The Hall–Kier alpha value is -1.17. The first-order valence-electron chi connectivity index (χ1n) is 7.95. The van der Waals surface area contributed by atoms with E-state index in [0.717, 1.165) is 25.7 Å². The van der Waals surface area contributed by atoms with Gasteiger partial charge in [-0.15, -0.1) is 12.4 Å². The van der Waals surface area contributed by atoms with Gasteiger partial charge in [0.1, 0.15) is 5.82 Å². The first-order valence-corrected chi connectivity index (χ1v) is 7.95. The number of nitrogens with one attached hydrogen (secondary N) is 1. The number of benzene rings is 1. The van der Waals surface area contributed by atoms with E-state index < -0.39 is 11.9 Å². The topological polar surface area (TPSA) is 75.4 Å². The zero-order valence-electron chi connectivity index (χ0n) is 13.3. The average Bonchev–Trinajstić information content (AvgIpc) is 2.53. The summed E-state index contributed by atoms with van der Waals surface area (Å²) in [6, 6.07) is 5.78. The predicted octanol–water partition coefficient (Wildman–Crippen LogP) is 2.70. The molecule has 1 unspecified atom stereocenters. The summed E-state index contributed by atoms with van der Waals surface area (Å²) in [6.45, 7) is 0.607. The largest absolute Gasteiger partial charge is 0.387 e. The summed E-state index contributed by atoms with van der Waals surface area (Å²) in [6.07, 6.45) is 4.93. The van der Waals surface area contributed by atoms with E-state index in [-0.39, 0.29) is 30.3 Å². The number of halogens is 2. The molecule has 0 radical (unpaired) electrons. The maximum absolute atomic E-state index is 13.1. The number of rotatable bonds is 6. The van der Waals surface area contributed by atoms with Crippen LogP contribution in [-0.2, 0) is 4.79 Å². The molecule has 4 N–H and O–H groups in total. The Morgan fingerprint density at radius 1 is 1.35 bits per heavy atom. The third-order valence-corrected chi connectivity index (χ3v) is 4.61. The van der Waals surface area contributed by atoms with Crippen LogP contribution in [-0.4, -0.2) is 24.1 Å². The van der Waals surface area contributed by atoms with Gasteiger partial charge in [-0.3, -0.25) is 4.79 Å². The van der Waals surface area contributed by atoms with Crippen LogP contribution in [0.5, 0.6) is 0 Å². The molecule has 1 aromatic carbocycles. The standard InChI is InChI=1S/C17H25FN2O2.ClH/c18-14-6-4-5-13(9-14)15(21)11-20-16(22)10-17(12-19)7-2-1-3-8-17;/h4-6,9,15,21H,1-3,7-8,10-12,19H2,(H,20,22);1H. The smallest absolute Gasteiger partial charge is 0.220 e. The lowest BCUT2D eigenvalue weighted by molar-refractivity contribution is -0.124. The molecule has 0 heterocycles. The molecule has 0 aromatic heterocycles. The van der Waals surface area contributed by atoms with Gasteiger partial charge in [0.15, 0.2) is 0 Å². The number of carbonyl (C=O) groups excluding carboxylic acids is 1. The molecule has 6 heteroatoms. The fourth-order valence-electron chi connectivity index (χ4n) is 3.20. The molecule has 0 bridgehead atoms. The Morgan fingerprint density at radius 2 is 2.04 bits per heavy atom. The molecule has 0 aliphatic heterocycles. The van der Waals surface area contributed by atoms with Crippen LogP contribution in [0.4, 0.5) is 4.39 Å². The molecular weight excluding hydrogens is 319 g/mol. The van der Waals surface area contributed by atoms with E-state index in [9.17, 15) is 14.3 Å². The van der Waals surface area contributed by atoms with Gasteiger partial charge < -0.3 is 16.2 Å². The summed E-state index contributed by atoms with van der Waals surface area (Å²) in [7, 11) is 0. The van der Waals surface area contributed by atoms with Crippen molar-refractivity contribution < 1.29 is 14.3 Å². The van der Waals surface area contributed by atoms with Crippen molar-refractivity contribution in [3.05, 3.63) is 35.6 Å².